The minimum atomic E-state index is 0.0788. The molecule has 1 saturated heterocycles. The van der Waals surface area contributed by atoms with Gasteiger partial charge in [-0.25, -0.2) is 0 Å². The third kappa shape index (κ3) is 5.00. The topological polar surface area (TPSA) is 75.4 Å². The van der Waals surface area contributed by atoms with Gasteiger partial charge in [-0.1, -0.05) is 22.9 Å². The first kappa shape index (κ1) is 20.1. The number of aromatic nitrogens is 1. The van der Waals surface area contributed by atoms with Crippen LogP contribution in [0.1, 0.15) is 52.2 Å². The molecule has 0 aliphatic carbocycles. The van der Waals surface area contributed by atoms with Crippen LogP contribution >= 0.6 is 0 Å². The van der Waals surface area contributed by atoms with E-state index in [9.17, 15) is 9.59 Å². The Hall–Kier alpha value is -2.63. The molecular formula is C22H29N3O3. The highest BCUT2D eigenvalue weighted by atomic mass is 16.5. The summed E-state index contributed by atoms with van der Waals surface area (Å²) in [5.41, 5.74) is 3.84. The van der Waals surface area contributed by atoms with Crippen LogP contribution in [0.4, 0.5) is 0 Å². The van der Waals surface area contributed by atoms with Crippen LogP contribution in [0.5, 0.6) is 0 Å². The van der Waals surface area contributed by atoms with Crippen LogP contribution in [0, 0.1) is 26.7 Å². The number of hydrogen-bond acceptors (Lipinski definition) is 4. The lowest BCUT2D eigenvalue weighted by molar-refractivity contribution is -0.122. The molecule has 2 aromatic rings. The number of carbonyl (C=O) groups is 2. The Kier molecular flexibility index (Phi) is 6.49. The van der Waals surface area contributed by atoms with Gasteiger partial charge >= 0.3 is 0 Å². The first-order valence-corrected chi connectivity index (χ1v) is 9.98. The van der Waals surface area contributed by atoms with Gasteiger partial charge in [0.25, 0.3) is 5.91 Å². The van der Waals surface area contributed by atoms with Crippen molar-refractivity contribution in [1.29, 1.82) is 0 Å². The SMILES string of the molecule is Cc1ccc(C(=O)N2CCC(CC(=O)NCCc3c(C)noc3C)CC2)cc1. The van der Waals surface area contributed by atoms with E-state index < -0.39 is 0 Å². The molecule has 0 spiro atoms. The quantitative estimate of drug-likeness (QED) is 0.831. The lowest BCUT2D eigenvalue weighted by Crippen LogP contribution is -2.39. The molecule has 1 aromatic heterocycles. The summed E-state index contributed by atoms with van der Waals surface area (Å²) in [5, 5.41) is 6.93. The van der Waals surface area contributed by atoms with Crippen LogP contribution in [0.3, 0.4) is 0 Å². The summed E-state index contributed by atoms with van der Waals surface area (Å²) >= 11 is 0. The number of benzene rings is 1. The number of rotatable bonds is 6. The van der Waals surface area contributed by atoms with Gasteiger partial charge in [-0.05, 0) is 58.1 Å². The molecule has 1 aromatic carbocycles. The number of amides is 2. The first-order valence-electron chi connectivity index (χ1n) is 9.98. The van der Waals surface area contributed by atoms with Gasteiger partial charge in [0.15, 0.2) is 0 Å². The predicted molar refractivity (Wildman–Crippen MR) is 107 cm³/mol. The van der Waals surface area contributed by atoms with E-state index in [1.165, 1.54) is 0 Å². The van der Waals surface area contributed by atoms with Crippen molar-refractivity contribution >= 4 is 11.8 Å². The van der Waals surface area contributed by atoms with E-state index in [1.807, 2.05) is 49.9 Å². The Bertz CT molecular complexity index is 799. The third-order valence-corrected chi connectivity index (χ3v) is 5.55. The minimum absolute atomic E-state index is 0.0788. The average Bonchev–Trinajstić information content (AvgIpc) is 3.01. The molecule has 2 amide bonds. The van der Waals surface area contributed by atoms with Gasteiger partial charge in [0.2, 0.25) is 5.91 Å². The first-order chi connectivity index (χ1) is 13.4. The molecule has 3 rings (SSSR count). The molecule has 0 atom stereocenters. The highest BCUT2D eigenvalue weighted by molar-refractivity contribution is 5.94. The van der Waals surface area contributed by atoms with Gasteiger partial charge in [0.05, 0.1) is 5.69 Å². The Labute approximate surface area is 166 Å². The molecule has 1 fully saturated rings. The molecule has 6 nitrogen and oxygen atoms in total. The normalized spacial score (nSPS) is 14.9. The molecule has 6 heteroatoms. The van der Waals surface area contributed by atoms with Gasteiger partial charge in [-0.3, -0.25) is 9.59 Å². The molecule has 150 valence electrons. The van der Waals surface area contributed by atoms with Gasteiger partial charge in [0.1, 0.15) is 5.76 Å². The summed E-state index contributed by atoms with van der Waals surface area (Å²) in [6.07, 6.45) is 2.99. The Morgan fingerprint density at radius 2 is 1.82 bits per heavy atom. The minimum Gasteiger partial charge on any atom is -0.361 e. The molecule has 0 unspecified atom stereocenters. The number of aryl methyl sites for hydroxylation is 3. The van der Waals surface area contributed by atoms with Crippen molar-refractivity contribution in [1.82, 2.24) is 15.4 Å². The molecule has 0 saturated carbocycles. The summed E-state index contributed by atoms with van der Waals surface area (Å²) in [5.74, 6) is 1.32. The van der Waals surface area contributed by atoms with Crippen molar-refractivity contribution in [3.05, 3.63) is 52.4 Å². The molecule has 0 radical (unpaired) electrons. The predicted octanol–water partition coefficient (Wildman–Crippen LogP) is 3.20. The van der Waals surface area contributed by atoms with Crippen molar-refractivity contribution in [3.63, 3.8) is 0 Å². The molecule has 2 heterocycles. The van der Waals surface area contributed by atoms with Crippen LogP contribution in [0.25, 0.3) is 0 Å². The van der Waals surface area contributed by atoms with Crippen molar-refractivity contribution in [2.45, 2.75) is 46.5 Å². The summed E-state index contributed by atoms with van der Waals surface area (Å²) in [4.78, 5) is 26.7. The van der Waals surface area contributed by atoms with Crippen molar-refractivity contribution in [2.75, 3.05) is 19.6 Å². The van der Waals surface area contributed by atoms with Crippen molar-refractivity contribution < 1.29 is 14.1 Å². The number of hydrogen-bond donors (Lipinski definition) is 1. The lowest BCUT2D eigenvalue weighted by Gasteiger charge is -2.31. The molecule has 1 aliphatic rings. The zero-order valence-corrected chi connectivity index (χ0v) is 17.0. The molecule has 28 heavy (non-hydrogen) atoms. The van der Waals surface area contributed by atoms with E-state index in [1.54, 1.807) is 0 Å². The van der Waals surface area contributed by atoms with Crippen molar-refractivity contribution in [2.24, 2.45) is 5.92 Å². The monoisotopic (exact) mass is 383 g/mol. The number of likely N-dealkylation sites (tertiary alicyclic amines) is 1. The average molecular weight is 383 g/mol. The number of nitrogens with zero attached hydrogens (tertiary/aromatic N) is 2. The number of piperidine rings is 1. The molecule has 1 aliphatic heterocycles. The Balaban J connectivity index is 1.39. The summed E-state index contributed by atoms with van der Waals surface area (Å²) in [6.45, 7) is 7.83. The fourth-order valence-corrected chi connectivity index (χ4v) is 3.74. The zero-order valence-electron chi connectivity index (χ0n) is 17.0. The highest BCUT2D eigenvalue weighted by Gasteiger charge is 2.25. The van der Waals surface area contributed by atoms with E-state index in [4.69, 9.17) is 4.52 Å². The van der Waals surface area contributed by atoms with Gasteiger partial charge in [-0.2, -0.15) is 0 Å². The second-order valence-electron chi connectivity index (χ2n) is 7.71. The van der Waals surface area contributed by atoms with Crippen molar-refractivity contribution in [3.8, 4) is 0 Å². The summed E-state index contributed by atoms with van der Waals surface area (Å²) in [7, 11) is 0. The van der Waals surface area contributed by atoms with Gasteiger partial charge in [0, 0.05) is 37.2 Å². The standard InChI is InChI=1S/C22H29N3O3/c1-15-4-6-19(7-5-15)22(27)25-12-9-18(10-13-25)14-21(26)23-11-8-20-16(2)24-28-17(20)3/h4-7,18H,8-14H2,1-3H3,(H,23,26). The number of nitrogens with one attached hydrogen (secondary N) is 1. The van der Waals surface area contributed by atoms with Crippen LogP contribution < -0.4 is 5.32 Å². The van der Waals surface area contributed by atoms with Crippen LogP contribution in [-0.4, -0.2) is 41.5 Å². The van der Waals surface area contributed by atoms with E-state index in [0.29, 0.717) is 32.0 Å². The smallest absolute Gasteiger partial charge is 0.253 e. The number of carbonyl (C=O) groups excluding carboxylic acids is 2. The maximum atomic E-state index is 12.6. The fourth-order valence-electron chi connectivity index (χ4n) is 3.74. The van der Waals surface area contributed by atoms with Crippen LogP contribution in [0.2, 0.25) is 0 Å². The van der Waals surface area contributed by atoms with E-state index in [2.05, 4.69) is 10.5 Å². The Morgan fingerprint density at radius 3 is 2.43 bits per heavy atom. The largest absolute Gasteiger partial charge is 0.361 e. The summed E-state index contributed by atoms with van der Waals surface area (Å²) < 4.78 is 5.15. The second kappa shape index (κ2) is 9.04. The van der Waals surface area contributed by atoms with Crippen LogP contribution in [-0.2, 0) is 11.2 Å². The summed E-state index contributed by atoms with van der Waals surface area (Å²) in [6, 6.07) is 7.70. The highest BCUT2D eigenvalue weighted by Crippen LogP contribution is 2.22. The molecular weight excluding hydrogens is 354 g/mol. The van der Waals surface area contributed by atoms with E-state index in [0.717, 1.165) is 47.4 Å². The molecule has 1 N–H and O–H groups in total. The lowest BCUT2D eigenvalue weighted by atomic mass is 9.92. The van der Waals surface area contributed by atoms with E-state index in [-0.39, 0.29) is 11.8 Å². The second-order valence-corrected chi connectivity index (χ2v) is 7.71. The van der Waals surface area contributed by atoms with Gasteiger partial charge < -0.3 is 14.7 Å². The van der Waals surface area contributed by atoms with Gasteiger partial charge in [-0.15, -0.1) is 0 Å². The molecule has 0 bridgehead atoms. The van der Waals surface area contributed by atoms with Crippen LogP contribution in [0.15, 0.2) is 28.8 Å². The Morgan fingerprint density at radius 1 is 1.14 bits per heavy atom. The maximum absolute atomic E-state index is 12.6. The maximum Gasteiger partial charge on any atom is 0.253 e. The third-order valence-electron chi connectivity index (χ3n) is 5.55. The fraction of sp³-hybridized carbons (Fsp3) is 0.500. The zero-order chi connectivity index (χ0) is 20.1. The van der Waals surface area contributed by atoms with E-state index >= 15 is 0 Å².